The second kappa shape index (κ2) is 6.69. The van der Waals surface area contributed by atoms with E-state index in [0.29, 0.717) is 19.0 Å². The molecule has 0 saturated carbocycles. The highest BCUT2D eigenvalue weighted by Gasteiger charge is 2.30. The van der Waals surface area contributed by atoms with Gasteiger partial charge >= 0.3 is 0 Å². The van der Waals surface area contributed by atoms with E-state index in [-0.39, 0.29) is 18.6 Å². The molecule has 0 radical (unpaired) electrons. The third kappa shape index (κ3) is 3.16. The van der Waals surface area contributed by atoms with Gasteiger partial charge in [-0.3, -0.25) is 9.48 Å². The zero-order valence-electron chi connectivity index (χ0n) is 12.5. The number of hydrogen-bond acceptors (Lipinski definition) is 6. The number of piperidine rings is 1. The minimum absolute atomic E-state index is 0.0412. The molecule has 3 rings (SSSR count). The molecule has 0 bridgehead atoms. The molecular formula is C14H19N5O3. The monoisotopic (exact) mass is 305 g/mol. The summed E-state index contributed by atoms with van der Waals surface area (Å²) in [6, 6.07) is 1.76. The van der Waals surface area contributed by atoms with Crippen LogP contribution in [0.3, 0.4) is 0 Å². The van der Waals surface area contributed by atoms with Crippen molar-refractivity contribution < 1.29 is 14.1 Å². The predicted molar refractivity (Wildman–Crippen MR) is 75.5 cm³/mol. The second-order valence-corrected chi connectivity index (χ2v) is 5.33. The highest BCUT2D eigenvalue weighted by Crippen LogP contribution is 2.28. The van der Waals surface area contributed by atoms with Crippen LogP contribution < -0.4 is 0 Å². The van der Waals surface area contributed by atoms with E-state index < -0.39 is 0 Å². The molecule has 1 unspecified atom stereocenters. The summed E-state index contributed by atoms with van der Waals surface area (Å²) in [4.78, 5) is 18.3. The number of hydrogen-bond donors (Lipinski definition) is 0. The van der Waals surface area contributed by atoms with E-state index in [0.717, 1.165) is 25.0 Å². The Hall–Kier alpha value is -2.22. The Morgan fingerprint density at radius 1 is 1.50 bits per heavy atom. The molecular weight excluding hydrogens is 286 g/mol. The first-order valence-corrected chi connectivity index (χ1v) is 7.36. The summed E-state index contributed by atoms with van der Waals surface area (Å²) in [5.74, 6) is 0.524. The zero-order chi connectivity index (χ0) is 15.4. The number of amides is 1. The number of aromatic nitrogens is 4. The van der Waals surface area contributed by atoms with Crippen molar-refractivity contribution in [3.63, 3.8) is 0 Å². The molecule has 8 nitrogen and oxygen atoms in total. The molecule has 1 amide bonds. The number of aryl methyl sites for hydroxylation is 1. The van der Waals surface area contributed by atoms with Crippen LogP contribution in [0.1, 0.15) is 36.8 Å². The lowest BCUT2D eigenvalue weighted by molar-refractivity contribution is -0.140. The van der Waals surface area contributed by atoms with Gasteiger partial charge in [-0.2, -0.15) is 10.1 Å². The SMILES string of the molecule is Cn1nccc1COCC(=O)N1CCCCC1c1ncon1. The van der Waals surface area contributed by atoms with Crippen molar-refractivity contribution in [2.75, 3.05) is 13.2 Å². The first kappa shape index (κ1) is 14.7. The number of likely N-dealkylation sites (tertiary alicyclic amines) is 1. The van der Waals surface area contributed by atoms with E-state index in [1.54, 1.807) is 15.8 Å². The Morgan fingerprint density at radius 3 is 3.14 bits per heavy atom. The van der Waals surface area contributed by atoms with Crippen molar-refractivity contribution in [1.29, 1.82) is 0 Å². The van der Waals surface area contributed by atoms with Crippen LogP contribution in [-0.4, -0.2) is 43.9 Å². The number of carbonyl (C=O) groups excluding carboxylic acids is 1. The number of ether oxygens (including phenoxy) is 1. The second-order valence-electron chi connectivity index (χ2n) is 5.33. The van der Waals surface area contributed by atoms with Gasteiger partial charge in [-0.1, -0.05) is 5.16 Å². The van der Waals surface area contributed by atoms with Crippen molar-refractivity contribution in [2.24, 2.45) is 7.05 Å². The summed E-state index contributed by atoms with van der Waals surface area (Å²) in [5, 5.41) is 7.94. The van der Waals surface area contributed by atoms with Gasteiger partial charge in [0.2, 0.25) is 12.3 Å². The van der Waals surface area contributed by atoms with Gasteiger partial charge in [0.05, 0.1) is 18.3 Å². The Balaban J connectivity index is 1.57. The lowest BCUT2D eigenvalue weighted by atomic mass is 10.0. The van der Waals surface area contributed by atoms with Gasteiger partial charge in [-0.05, 0) is 25.3 Å². The summed E-state index contributed by atoms with van der Waals surface area (Å²) < 4.78 is 12.1. The van der Waals surface area contributed by atoms with Gasteiger partial charge in [0.1, 0.15) is 6.61 Å². The third-order valence-electron chi connectivity index (χ3n) is 3.90. The molecule has 1 aliphatic rings. The van der Waals surface area contributed by atoms with Crippen molar-refractivity contribution in [1.82, 2.24) is 24.8 Å². The maximum absolute atomic E-state index is 12.4. The molecule has 2 aromatic heterocycles. The molecule has 8 heteroatoms. The Morgan fingerprint density at radius 2 is 2.41 bits per heavy atom. The maximum atomic E-state index is 12.4. The maximum Gasteiger partial charge on any atom is 0.249 e. The van der Waals surface area contributed by atoms with Crippen molar-refractivity contribution >= 4 is 5.91 Å². The average molecular weight is 305 g/mol. The van der Waals surface area contributed by atoms with Crippen LogP contribution in [0.4, 0.5) is 0 Å². The van der Waals surface area contributed by atoms with Crippen LogP contribution in [0.15, 0.2) is 23.2 Å². The minimum Gasteiger partial charge on any atom is -0.365 e. The lowest BCUT2D eigenvalue weighted by Crippen LogP contribution is -2.41. The van der Waals surface area contributed by atoms with Crippen LogP contribution >= 0.6 is 0 Å². The molecule has 0 N–H and O–H groups in total. The van der Waals surface area contributed by atoms with Gasteiger partial charge in [-0.25, -0.2) is 0 Å². The molecule has 0 spiro atoms. The van der Waals surface area contributed by atoms with Crippen molar-refractivity contribution in [3.8, 4) is 0 Å². The summed E-state index contributed by atoms with van der Waals surface area (Å²) in [6.07, 6.45) is 5.90. The fourth-order valence-corrected chi connectivity index (χ4v) is 2.69. The average Bonchev–Trinajstić information content (AvgIpc) is 3.19. The largest absolute Gasteiger partial charge is 0.365 e. The van der Waals surface area contributed by atoms with Gasteiger partial charge in [-0.15, -0.1) is 0 Å². The van der Waals surface area contributed by atoms with Crippen molar-refractivity contribution in [3.05, 3.63) is 30.2 Å². The van der Waals surface area contributed by atoms with E-state index in [1.165, 1.54) is 6.39 Å². The summed E-state index contributed by atoms with van der Waals surface area (Å²) in [7, 11) is 1.84. The van der Waals surface area contributed by atoms with Gasteiger partial charge in [0, 0.05) is 19.8 Å². The molecule has 2 aromatic rings. The van der Waals surface area contributed by atoms with Gasteiger partial charge in [0.15, 0.2) is 5.82 Å². The highest BCUT2D eigenvalue weighted by molar-refractivity contribution is 5.78. The van der Waals surface area contributed by atoms with Crippen molar-refractivity contribution in [2.45, 2.75) is 31.9 Å². The normalized spacial score (nSPS) is 18.6. The molecule has 1 aliphatic heterocycles. The highest BCUT2D eigenvalue weighted by atomic mass is 16.5. The number of carbonyl (C=O) groups is 1. The topological polar surface area (TPSA) is 86.3 Å². The summed E-state index contributed by atoms with van der Waals surface area (Å²) in [6.45, 7) is 1.11. The van der Waals surface area contributed by atoms with Gasteiger partial charge in [0.25, 0.3) is 0 Å². The van der Waals surface area contributed by atoms with E-state index in [2.05, 4.69) is 15.2 Å². The molecule has 0 aliphatic carbocycles. The predicted octanol–water partition coefficient (Wildman–Crippen LogP) is 1.07. The number of rotatable bonds is 5. The van der Waals surface area contributed by atoms with Crippen LogP contribution in [0.2, 0.25) is 0 Å². The molecule has 1 fully saturated rings. The molecule has 0 aromatic carbocycles. The summed E-state index contributed by atoms with van der Waals surface area (Å²) in [5.41, 5.74) is 0.932. The van der Waals surface area contributed by atoms with E-state index >= 15 is 0 Å². The van der Waals surface area contributed by atoms with Crippen LogP contribution in [0.25, 0.3) is 0 Å². The number of nitrogens with zero attached hydrogens (tertiary/aromatic N) is 5. The minimum atomic E-state index is -0.111. The molecule has 3 heterocycles. The Bertz CT molecular complexity index is 610. The molecule has 1 atom stereocenters. The zero-order valence-corrected chi connectivity index (χ0v) is 12.5. The van der Waals surface area contributed by atoms with E-state index in [1.807, 2.05) is 13.1 Å². The van der Waals surface area contributed by atoms with Crippen LogP contribution in [0, 0.1) is 0 Å². The van der Waals surface area contributed by atoms with Crippen LogP contribution in [-0.2, 0) is 23.2 Å². The molecule has 22 heavy (non-hydrogen) atoms. The third-order valence-corrected chi connectivity index (χ3v) is 3.90. The van der Waals surface area contributed by atoms with E-state index in [9.17, 15) is 4.79 Å². The molecule has 118 valence electrons. The summed E-state index contributed by atoms with van der Waals surface area (Å²) >= 11 is 0. The Kier molecular flexibility index (Phi) is 4.47. The standard InChI is InChI=1S/C14H19N5O3/c1-18-11(5-6-16-18)8-21-9-13(20)19-7-3-2-4-12(19)14-15-10-22-17-14/h5-6,10,12H,2-4,7-9H2,1H3. The van der Waals surface area contributed by atoms with Crippen LogP contribution in [0.5, 0.6) is 0 Å². The first-order chi connectivity index (χ1) is 10.8. The van der Waals surface area contributed by atoms with E-state index in [4.69, 9.17) is 9.26 Å². The first-order valence-electron chi connectivity index (χ1n) is 7.36. The fourth-order valence-electron chi connectivity index (χ4n) is 2.69. The fraction of sp³-hybridized carbons (Fsp3) is 0.571. The Labute approximate surface area is 128 Å². The molecule has 1 saturated heterocycles. The van der Waals surface area contributed by atoms with Gasteiger partial charge < -0.3 is 14.2 Å². The smallest absolute Gasteiger partial charge is 0.249 e. The quantitative estimate of drug-likeness (QED) is 0.821. The lowest BCUT2D eigenvalue weighted by Gasteiger charge is -2.33.